The van der Waals surface area contributed by atoms with Crippen molar-refractivity contribution in [2.45, 2.75) is 52.0 Å². The molecule has 1 fully saturated rings. The lowest BCUT2D eigenvalue weighted by atomic mass is 9.91. The van der Waals surface area contributed by atoms with Gasteiger partial charge in [0.1, 0.15) is 5.54 Å². The third kappa shape index (κ3) is 4.24. The average Bonchev–Trinajstić information content (AvgIpc) is 2.93. The Hall–Kier alpha value is -2.95. The number of nitrogens with one attached hydrogen (secondary N) is 1. The molecule has 0 bridgehead atoms. The second-order valence-corrected chi connectivity index (χ2v) is 7.76. The van der Waals surface area contributed by atoms with Gasteiger partial charge in [-0.3, -0.25) is 14.5 Å². The molecule has 2 aromatic carbocycles. The van der Waals surface area contributed by atoms with Crippen molar-refractivity contribution in [3.05, 3.63) is 70.8 Å². The van der Waals surface area contributed by atoms with E-state index in [2.05, 4.69) is 19.2 Å². The van der Waals surface area contributed by atoms with Crippen molar-refractivity contribution in [2.24, 2.45) is 0 Å². The Morgan fingerprint density at radius 3 is 1.93 bits per heavy atom. The maximum atomic E-state index is 13.0. The van der Waals surface area contributed by atoms with Crippen LogP contribution in [0.3, 0.4) is 0 Å². The van der Waals surface area contributed by atoms with Crippen LogP contribution in [0.5, 0.6) is 0 Å². The number of carbonyl (C=O) groups is 3. The van der Waals surface area contributed by atoms with Crippen molar-refractivity contribution in [1.29, 1.82) is 0 Å². The maximum Gasteiger partial charge on any atom is 0.325 e. The van der Waals surface area contributed by atoms with E-state index in [1.807, 2.05) is 36.4 Å². The van der Waals surface area contributed by atoms with E-state index in [4.69, 9.17) is 0 Å². The van der Waals surface area contributed by atoms with Crippen LogP contribution in [0, 0.1) is 0 Å². The van der Waals surface area contributed by atoms with E-state index in [0.717, 1.165) is 41.7 Å². The number of benzene rings is 2. The van der Waals surface area contributed by atoms with Gasteiger partial charge in [0, 0.05) is 5.56 Å². The average molecular weight is 392 g/mol. The first-order valence-electron chi connectivity index (χ1n) is 10.2. The quantitative estimate of drug-likeness (QED) is 0.540. The van der Waals surface area contributed by atoms with Crippen LogP contribution in [0.15, 0.2) is 48.5 Å². The van der Waals surface area contributed by atoms with Crippen LogP contribution in [0.1, 0.15) is 60.7 Å². The number of urea groups is 1. The molecule has 5 heteroatoms. The molecule has 0 saturated carbocycles. The van der Waals surface area contributed by atoms with Gasteiger partial charge in [0.2, 0.25) is 0 Å². The lowest BCUT2D eigenvalue weighted by Gasteiger charge is -2.22. The summed E-state index contributed by atoms with van der Waals surface area (Å²) in [5.74, 6) is -0.652. The molecule has 0 radical (unpaired) electrons. The summed E-state index contributed by atoms with van der Waals surface area (Å²) in [5.41, 5.74) is 2.42. The number of imide groups is 1. The van der Waals surface area contributed by atoms with Gasteiger partial charge in [0.15, 0.2) is 5.78 Å². The summed E-state index contributed by atoms with van der Waals surface area (Å²) in [5, 5.41) is 2.77. The second-order valence-electron chi connectivity index (χ2n) is 7.76. The molecule has 1 saturated heterocycles. The Morgan fingerprint density at radius 2 is 1.41 bits per heavy atom. The number of Topliss-reactive ketones (excluding diaryl/α,β-unsaturated/α-hetero) is 1. The summed E-state index contributed by atoms with van der Waals surface area (Å²) in [7, 11) is 0. The van der Waals surface area contributed by atoms with E-state index in [1.54, 1.807) is 19.1 Å². The molecular formula is C24H28N2O3. The van der Waals surface area contributed by atoms with Gasteiger partial charge in [-0.05, 0) is 36.5 Å². The summed E-state index contributed by atoms with van der Waals surface area (Å²) in [6.07, 6.45) is 4.00. The lowest BCUT2D eigenvalue weighted by molar-refractivity contribution is -0.130. The van der Waals surface area contributed by atoms with E-state index in [-0.39, 0.29) is 12.3 Å². The minimum Gasteiger partial charge on any atom is -0.319 e. The van der Waals surface area contributed by atoms with Gasteiger partial charge in [-0.2, -0.15) is 0 Å². The topological polar surface area (TPSA) is 66.5 Å². The summed E-state index contributed by atoms with van der Waals surface area (Å²) in [6, 6.07) is 14.5. The molecule has 2 aromatic rings. The fourth-order valence-electron chi connectivity index (χ4n) is 3.71. The first-order chi connectivity index (χ1) is 13.9. The summed E-state index contributed by atoms with van der Waals surface area (Å²) >= 11 is 0. The molecule has 0 aromatic heterocycles. The number of hydrogen-bond donors (Lipinski definition) is 1. The molecule has 152 valence electrons. The van der Waals surface area contributed by atoms with Crippen LogP contribution in [0.25, 0.3) is 0 Å². The van der Waals surface area contributed by atoms with Crippen LogP contribution in [-0.4, -0.2) is 29.2 Å². The van der Waals surface area contributed by atoms with Gasteiger partial charge in [-0.25, -0.2) is 4.79 Å². The number of ketones is 1. The van der Waals surface area contributed by atoms with E-state index in [0.29, 0.717) is 5.56 Å². The fourth-order valence-corrected chi connectivity index (χ4v) is 3.71. The molecule has 1 N–H and O–H groups in total. The molecule has 1 heterocycles. The molecule has 1 aliphatic rings. The molecule has 3 amide bonds. The minimum absolute atomic E-state index is 0.251. The van der Waals surface area contributed by atoms with Gasteiger partial charge in [0.05, 0.1) is 6.54 Å². The summed E-state index contributed by atoms with van der Waals surface area (Å²) < 4.78 is 0. The van der Waals surface area contributed by atoms with Crippen molar-refractivity contribution < 1.29 is 14.4 Å². The highest BCUT2D eigenvalue weighted by Crippen LogP contribution is 2.29. The molecule has 29 heavy (non-hydrogen) atoms. The Labute approximate surface area is 172 Å². The van der Waals surface area contributed by atoms with Gasteiger partial charge < -0.3 is 5.32 Å². The first kappa shape index (κ1) is 20.8. The Balaban J connectivity index is 1.74. The van der Waals surface area contributed by atoms with E-state index in [1.165, 1.54) is 5.56 Å². The third-order valence-corrected chi connectivity index (χ3v) is 5.46. The molecule has 0 aliphatic carbocycles. The van der Waals surface area contributed by atoms with Crippen LogP contribution in [-0.2, 0) is 23.2 Å². The Morgan fingerprint density at radius 1 is 0.897 bits per heavy atom. The zero-order valence-corrected chi connectivity index (χ0v) is 17.3. The van der Waals surface area contributed by atoms with E-state index < -0.39 is 17.5 Å². The molecule has 1 atom stereocenters. The van der Waals surface area contributed by atoms with E-state index in [9.17, 15) is 14.4 Å². The van der Waals surface area contributed by atoms with Crippen LogP contribution in [0.2, 0.25) is 0 Å². The van der Waals surface area contributed by atoms with Crippen molar-refractivity contribution >= 4 is 17.7 Å². The maximum absolute atomic E-state index is 13.0. The van der Waals surface area contributed by atoms with Crippen molar-refractivity contribution in [3.8, 4) is 0 Å². The van der Waals surface area contributed by atoms with Crippen molar-refractivity contribution in [3.63, 3.8) is 0 Å². The van der Waals surface area contributed by atoms with Gasteiger partial charge in [0.25, 0.3) is 5.91 Å². The van der Waals surface area contributed by atoms with Gasteiger partial charge >= 0.3 is 6.03 Å². The molecule has 5 nitrogen and oxygen atoms in total. The zero-order chi connectivity index (χ0) is 21.0. The number of rotatable bonds is 8. The second kappa shape index (κ2) is 8.60. The largest absolute Gasteiger partial charge is 0.325 e. The third-order valence-electron chi connectivity index (χ3n) is 5.46. The van der Waals surface area contributed by atoms with Gasteiger partial charge in [-0.1, -0.05) is 75.2 Å². The number of aryl methyl sites for hydroxylation is 2. The normalized spacial score (nSPS) is 18.8. The van der Waals surface area contributed by atoms with Crippen LogP contribution >= 0.6 is 0 Å². The number of carbonyl (C=O) groups excluding carboxylic acids is 3. The predicted octanol–water partition coefficient (Wildman–Crippen LogP) is 4.24. The number of hydrogen-bond acceptors (Lipinski definition) is 3. The van der Waals surface area contributed by atoms with Gasteiger partial charge in [-0.15, -0.1) is 0 Å². The first-order valence-corrected chi connectivity index (χ1v) is 10.2. The zero-order valence-electron chi connectivity index (χ0n) is 17.3. The predicted molar refractivity (Wildman–Crippen MR) is 113 cm³/mol. The highest BCUT2D eigenvalue weighted by Gasteiger charge is 2.49. The smallest absolute Gasteiger partial charge is 0.319 e. The summed E-state index contributed by atoms with van der Waals surface area (Å²) in [6.45, 7) is 5.64. The highest BCUT2D eigenvalue weighted by molar-refractivity contribution is 6.11. The van der Waals surface area contributed by atoms with Crippen molar-refractivity contribution in [2.75, 3.05) is 6.54 Å². The molecule has 1 unspecified atom stereocenters. The van der Waals surface area contributed by atoms with Crippen LogP contribution < -0.4 is 5.32 Å². The Bertz CT molecular complexity index is 903. The minimum atomic E-state index is -1.16. The fraction of sp³-hybridized carbons (Fsp3) is 0.375. The SMILES string of the molecule is CCCc1ccc(C(=O)CN2C(=O)NC(C)(c3ccc(CCC)cc3)C2=O)cc1. The standard InChI is InChI=1S/C24H28N2O3/c1-4-6-17-8-12-19(13-9-17)21(27)16-26-22(28)24(3,25-23(26)29)20-14-10-18(7-5-2)11-15-20/h8-15H,4-7,16H2,1-3H3,(H,25,29). The summed E-state index contributed by atoms with van der Waals surface area (Å²) in [4.78, 5) is 39.2. The molecular weight excluding hydrogens is 364 g/mol. The van der Waals surface area contributed by atoms with E-state index >= 15 is 0 Å². The molecule has 0 spiro atoms. The number of amides is 3. The van der Waals surface area contributed by atoms with Crippen LogP contribution in [0.4, 0.5) is 4.79 Å². The Kier molecular flexibility index (Phi) is 6.16. The monoisotopic (exact) mass is 392 g/mol. The number of nitrogens with zero attached hydrogens (tertiary/aromatic N) is 1. The molecule has 1 aliphatic heterocycles. The molecule has 3 rings (SSSR count). The highest BCUT2D eigenvalue weighted by atomic mass is 16.2. The lowest BCUT2D eigenvalue weighted by Crippen LogP contribution is -2.41. The van der Waals surface area contributed by atoms with Crippen molar-refractivity contribution in [1.82, 2.24) is 10.2 Å².